The van der Waals surface area contributed by atoms with E-state index in [1.165, 1.54) is 25.3 Å². The predicted octanol–water partition coefficient (Wildman–Crippen LogP) is 0.806. The van der Waals surface area contributed by atoms with Gasteiger partial charge in [0, 0.05) is 0 Å². The van der Waals surface area contributed by atoms with Crippen molar-refractivity contribution in [1.82, 2.24) is 0 Å². The van der Waals surface area contributed by atoms with E-state index in [1.807, 2.05) is 0 Å². The summed E-state index contributed by atoms with van der Waals surface area (Å²) in [6.45, 7) is 0. The zero-order valence-electron chi connectivity index (χ0n) is 8.06. The van der Waals surface area contributed by atoms with Crippen molar-refractivity contribution in [2.45, 2.75) is 6.42 Å². The molecule has 0 saturated carbocycles. The first-order chi connectivity index (χ1) is 7.02. The molecule has 0 radical (unpaired) electrons. The van der Waals surface area contributed by atoms with Crippen molar-refractivity contribution in [3.63, 3.8) is 0 Å². The molecule has 0 aliphatic heterocycles. The first-order valence-electron chi connectivity index (χ1n) is 4.16. The Balaban J connectivity index is 3.04. The molecule has 0 amide bonds. The number of rotatable bonds is 3. The minimum absolute atomic E-state index is 0.133. The Morgan fingerprint density at radius 2 is 2.00 bits per heavy atom. The van der Waals surface area contributed by atoms with Crippen molar-refractivity contribution in [1.29, 1.82) is 0 Å². The molecule has 15 heavy (non-hydrogen) atoms. The summed E-state index contributed by atoms with van der Waals surface area (Å²) < 4.78 is 4.45. The molecule has 1 aromatic carbocycles. The smallest absolute Gasteiger partial charge is 0.337 e. The summed E-state index contributed by atoms with van der Waals surface area (Å²) in [6, 6.07) is 3.89. The van der Waals surface area contributed by atoms with Crippen LogP contribution < -0.4 is 0 Å². The third-order valence-electron chi connectivity index (χ3n) is 1.75. The molecule has 0 aliphatic carbocycles. The number of carbonyl (C=O) groups excluding carboxylic acids is 1. The van der Waals surface area contributed by atoms with Crippen LogP contribution in [0.15, 0.2) is 18.2 Å². The minimum atomic E-state index is -1.03. The van der Waals surface area contributed by atoms with Gasteiger partial charge >= 0.3 is 11.9 Å². The Morgan fingerprint density at radius 1 is 1.33 bits per heavy atom. The van der Waals surface area contributed by atoms with Crippen molar-refractivity contribution in [3.8, 4) is 5.75 Å². The van der Waals surface area contributed by atoms with E-state index in [0.29, 0.717) is 5.56 Å². The molecule has 1 aromatic rings. The lowest BCUT2D eigenvalue weighted by molar-refractivity contribution is -0.136. The first kappa shape index (κ1) is 11.0. The molecule has 80 valence electrons. The number of esters is 1. The number of carbonyl (C=O) groups is 2. The van der Waals surface area contributed by atoms with E-state index in [4.69, 9.17) is 5.11 Å². The lowest BCUT2D eigenvalue weighted by Gasteiger charge is -2.03. The number of phenols is 1. The number of carboxylic acid groups (broad SMARTS) is 1. The molecule has 0 aliphatic rings. The van der Waals surface area contributed by atoms with Crippen molar-refractivity contribution in [2.75, 3.05) is 7.11 Å². The summed E-state index contributed by atoms with van der Waals surface area (Å²) in [5.41, 5.74) is 0.483. The van der Waals surface area contributed by atoms with Crippen LogP contribution in [0.4, 0.5) is 0 Å². The zero-order valence-corrected chi connectivity index (χ0v) is 8.06. The van der Waals surface area contributed by atoms with Gasteiger partial charge in [0.2, 0.25) is 0 Å². The van der Waals surface area contributed by atoms with E-state index in [-0.39, 0.29) is 17.7 Å². The maximum atomic E-state index is 11.1. The molecule has 1 rings (SSSR count). The molecule has 5 heteroatoms. The van der Waals surface area contributed by atoms with E-state index >= 15 is 0 Å². The van der Waals surface area contributed by atoms with Crippen LogP contribution in [0.25, 0.3) is 0 Å². The van der Waals surface area contributed by atoms with Gasteiger partial charge in [-0.05, 0) is 23.8 Å². The summed E-state index contributed by atoms with van der Waals surface area (Å²) >= 11 is 0. The highest BCUT2D eigenvalue weighted by Crippen LogP contribution is 2.16. The van der Waals surface area contributed by atoms with E-state index < -0.39 is 11.9 Å². The molecular weight excluding hydrogens is 200 g/mol. The minimum Gasteiger partial charge on any atom is -0.508 e. The van der Waals surface area contributed by atoms with E-state index in [1.54, 1.807) is 0 Å². The van der Waals surface area contributed by atoms with Crippen LogP contribution in [-0.2, 0) is 16.0 Å². The number of carboxylic acids is 1. The Labute approximate surface area is 85.9 Å². The van der Waals surface area contributed by atoms with Crippen molar-refractivity contribution >= 4 is 11.9 Å². The SMILES string of the molecule is COC(=O)c1cc(O)cc(CC(=O)O)c1. The summed E-state index contributed by atoms with van der Waals surface area (Å²) in [5, 5.41) is 17.8. The van der Waals surface area contributed by atoms with Crippen LogP contribution in [0.1, 0.15) is 15.9 Å². The standard InChI is InChI=1S/C10H10O5/c1-15-10(14)7-2-6(4-9(12)13)3-8(11)5-7/h2-3,5,11H,4H2,1H3,(H,12,13). The van der Waals surface area contributed by atoms with Crippen LogP contribution >= 0.6 is 0 Å². The van der Waals surface area contributed by atoms with Gasteiger partial charge in [-0.2, -0.15) is 0 Å². The van der Waals surface area contributed by atoms with Crippen LogP contribution in [0.2, 0.25) is 0 Å². The topological polar surface area (TPSA) is 83.8 Å². The van der Waals surface area contributed by atoms with Crippen LogP contribution in [0.5, 0.6) is 5.75 Å². The fourth-order valence-electron chi connectivity index (χ4n) is 1.19. The number of aliphatic carboxylic acids is 1. The average molecular weight is 210 g/mol. The lowest BCUT2D eigenvalue weighted by atomic mass is 10.1. The molecule has 5 nitrogen and oxygen atoms in total. The normalized spacial score (nSPS) is 9.67. The molecule has 0 unspecified atom stereocenters. The number of aromatic hydroxyl groups is 1. The van der Waals surface area contributed by atoms with E-state index in [0.717, 1.165) is 0 Å². The van der Waals surface area contributed by atoms with Gasteiger partial charge in [-0.1, -0.05) is 0 Å². The van der Waals surface area contributed by atoms with Crippen molar-refractivity contribution in [2.24, 2.45) is 0 Å². The summed E-state index contributed by atoms with van der Waals surface area (Å²) in [4.78, 5) is 21.6. The number of hydrogen-bond donors (Lipinski definition) is 2. The Kier molecular flexibility index (Phi) is 3.28. The summed E-state index contributed by atoms with van der Waals surface area (Å²) in [6.07, 6.45) is -0.252. The Bertz CT molecular complexity index is 397. The van der Waals surface area contributed by atoms with Gasteiger partial charge in [0.15, 0.2) is 0 Å². The molecule has 0 aromatic heterocycles. The molecule has 0 spiro atoms. The molecule has 0 fully saturated rings. The lowest BCUT2D eigenvalue weighted by Crippen LogP contribution is -2.04. The molecule has 0 bridgehead atoms. The second kappa shape index (κ2) is 4.45. The van der Waals surface area contributed by atoms with Gasteiger partial charge < -0.3 is 14.9 Å². The quantitative estimate of drug-likeness (QED) is 0.721. The third kappa shape index (κ3) is 2.98. The molecule has 0 saturated heterocycles. The highest BCUT2D eigenvalue weighted by molar-refractivity contribution is 5.90. The van der Waals surface area contributed by atoms with Gasteiger partial charge in [0.05, 0.1) is 19.1 Å². The zero-order chi connectivity index (χ0) is 11.4. The summed E-state index contributed by atoms with van der Waals surface area (Å²) in [5.74, 6) is -1.80. The summed E-state index contributed by atoms with van der Waals surface area (Å²) in [7, 11) is 1.21. The Hall–Kier alpha value is -2.04. The van der Waals surface area contributed by atoms with Gasteiger partial charge in [-0.25, -0.2) is 4.79 Å². The second-order valence-corrected chi connectivity index (χ2v) is 2.95. The number of hydrogen-bond acceptors (Lipinski definition) is 4. The maximum absolute atomic E-state index is 11.1. The van der Waals surface area contributed by atoms with Gasteiger partial charge in [-0.15, -0.1) is 0 Å². The number of methoxy groups -OCH3 is 1. The number of ether oxygens (including phenoxy) is 1. The molecule has 0 atom stereocenters. The predicted molar refractivity (Wildman–Crippen MR) is 50.8 cm³/mol. The van der Waals surface area contributed by atoms with Crippen LogP contribution in [0.3, 0.4) is 0 Å². The van der Waals surface area contributed by atoms with Gasteiger partial charge in [0.25, 0.3) is 0 Å². The average Bonchev–Trinajstić information content (AvgIpc) is 2.14. The fourth-order valence-corrected chi connectivity index (χ4v) is 1.19. The van der Waals surface area contributed by atoms with E-state index in [2.05, 4.69) is 4.74 Å². The number of benzene rings is 1. The highest BCUT2D eigenvalue weighted by Gasteiger charge is 2.10. The van der Waals surface area contributed by atoms with Gasteiger partial charge in [0.1, 0.15) is 5.75 Å². The maximum Gasteiger partial charge on any atom is 0.337 e. The molecular formula is C10H10O5. The van der Waals surface area contributed by atoms with Gasteiger partial charge in [-0.3, -0.25) is 4.79 Å². The Morgan fingerprint density at radius 3 is 2.53 bits per heavy atom. The van der Waals surface area contributed by atoms with Crippen molar-refractivity contribution < 1.29 is 24.5 Å². The largest absolute Gasteiger partial charge is 0.508 e. The third-order valence-corrected chi connectivity index (χ3v) is 1.75. The molecule has 2 N–H and O–H groups in total. The number of phenolic OH excluding ortho intramolecular Hbond substituents is 1. The van der Waals surface area contributed by atoms with E-state index in [9.17, 15) is 14.7 Å². The van der Waals surface area contributed by atoms with Crippen LogP contribution in [-0.4, -0.2) is 29.3 Å². The second-order valence-electron chi connectivity index (χ2n) is 2.95. The first-order valence-corrected chi connectivity index (χ1v) is 4.16. The fraction of sp³-hybridized carbons (Fsp3) is 0.200. The van der Waals surface area contributed by atoms with Crippen molar-refractivity contribution in [3.05, 3.63) is 29.3 Å². The molecule has 0 heterocycles. The monoisotopic (exact) mass is 210 g/mol. The highest BCUT2D eigenvalue weighted by atomic mass is 16.5. The van der Waals surface area contributed by atoms with Crippen LogP contribution in [0, 0.1) is 0 Å².